The minimum atomic E-state index is 0.663. The molecule has 0 spiro atoms. The average Bonchev–Trinajstić information content (AvgIpc) is 2.84. The maximum atomic E-state index is 4.42. The minimum absolute atomic E-state index is 0.663. The summed E-state index contributed by atoms with van der Waals surface area (Å²) < 4.78 is 0. The van der Waals surface area contributed by atoms with Gasteiger partial charge in [-0.25, -0.2) is 0 Å². The first-order valence-corrected chi connectivity index (χ1v) is 5.05. The second-order valence-electron chi connectivity index (χ2n) is 5.06. The monoisotopic (exact) mass is 158 g/mol. The van der Waals surface area contributed by atoms with Crippen LogP contribution in [0.25, 0.3) is 0 Å². The van der Waals surface area contributed by atoms with Crippen LogP contribution >= 0.6 is 0 Å². The smallest absolute Gasteiger partial charge is 0.0798 e. The zero-order valence-corrected chi connectivity index (χ0v) is 6.67. The standard InChI is InChI=1S/C10H10N2/c1-2-4-5-3(1)6-7(4)10-8(5)9(6)11-12-10/h1-10H/t3-,4-,5?,6+,7+,8?,9+,10+/m0/s1. The fourth-order valence-electron chi connectivity index (χ4n) is 5.11. The summed E-state index contributed by atoms with van der Waals surface area (Å²) in [6.07, 6.45) is 4.95. The highest BCUT2D eigenvalue weighted by Gasteiger charge is 2.77. The molecule has 0 N–H and O–H groups in total. The summed E-state index contributed by atoms with van der Waals surface area (Å²) in [6.45, 7) is 0. The van der Waals surface area contributed by atoms with Gasteiger partial charge in [0.15, 0.2) is 0 Å². The van der Waals surface area contributed by atoms with Gasteiger partial charge in [-0.3, -0.25) is 0 Å². The summed E-state index contributed by atoms with van der Waals surface area (Å²) in [5.74, 6) is 5.56. The fourth-order valence-corrected chi connectivity index (χ4v) is 5.11. The zero-order valence-electron chi connectivity index (χ0n) is 6.67. The third-order valence-electron chi connectivity index (χ3n) is 5.13. The van der Waals surface area contributed by atoms with Crippen LogP contribution in [0.5, 0.6) is 0 Å². The molecule has 0 radical (unpaired) electrons. The third kappa shape index (κ3) is 0.267. The van der Waals surface area contributed by atoms with E-state index in [0.29, 0.717) is 12.1 Å². The van der Waals surface area contributed by atoms with E-state index in [1.54, 1.807) is 0 Å². The number of azo groups is 1. The van der Waals surface area contributed by atoms with Gasteiger partial charge in [0.1, 0.15) is 0 Å². The number of hydrogen-bond acceptors (Lipinski definition) is 2. The predicted molar refractivity (Wildman–Crippen MR) is 42.5 cm³/mol. The Morgan fingerprint density at radius 1 is 0.667 bits per heavy atom. The molecule has 2 nitrogen and oxygen atoms in total. The van der Waals surface area contributed by atoms with Gasteiger partial charge in [-0.2, -0.15) is 10.2 Å². The van der Waals surface area contributed by atoms with Crippen molar-refractivity contribution in [3.63, 3.8) is 0 Å². The molecule has 0 saturated heterocycles. The van der Waals surface area contributed by atoms with E-state index >= 15 is 0 Å². The molecule has 0 aromatic rings. The van der Waals surface area contributed by atoms with E-state index in [4.69, 9.17) is 0 Å². The predicted octanol–water partition coefficient (Wildman–Crippen LogP) is 1.50. The molecule has 60 valence electrons. The molecule has 12 heavy (non-hydrogen) atoms. The molecular weight excluding hydrogens is 148 g/mol. The van der Waals surface area contributed by atoms with Crippen molar-refractivity contribution in [2.24, 2.45) is 45.7 Å². The first-order valence-electron chi connectivity index (χ1n) is 5.05. The number of allylic oxidation sites excluding steroid dienone is 2. The molecule has 4 saturated carbocycles. The first kappa shape index (κ1) is 5.15. The molecule has 1 aliphatic heterocycles. The normalized spacial score (nSPS) is 77.3. The quantitative estimate of drug-likeness (QED) is 0.477. The molecule has 6 atom stereocenters. The second kappa shape index (κ2) is 1.21. The molecule has 1 heterocycles. The van der Waals surface area contributed by atoms with Crippen molar-refractivity contribution in [1.82, 2.24) is 0 Å². The van der Waals surface area contributed by atoms with Gasteiger partial charge < -0.3 is 0 Å². The molecule has 6 aliphatic rings. The van der Waals surface area contributed by atoms with Crippen molar-refractivity contribution < 1.29 is 0 Å². The molecule has 5 aliphatic carbocycles. The summed E-state index contributed by atoms with van der Waals surface area (Å²) >= 11 is 0. The number of hydrogen-bond donors (Lipinski definition) is 0. The van der Waals surface area contributed by atoms with Crippen molar-refractivity contribution in [1.29, 1.82) is 0 Å². The zero-order chi connectivity index (χ0) is 7.45. The summed E-state index contributed by atoms with van der Waals surface area (Å²) in [7, 11) is 0. The van der Waals surface area contributed by atoms with E-state index < -0.39 is 0 Å². The van der Waals surface area contributed by atoms with Gasteiger partial charge in [0.25, 0.3) is 0 Å². The van der Waals surface area contributed by atoms with E-state index in [0.717, 1.165) is 35.5 Å². The second-order valence-corrected chi connectivity index (χ2v) is 5.06. The van der Waals surface area contributed by atoms with E-state index in [9.17, 15) is 0 Å². The van der Waals surface area contributed by atoms with Gasteiger partial charge in [0, 0.05) is 5.92 Å². The summed E-state index contributed by atoms with van der Waals surface area (Å²) in [6, 6.07) is 1.33. The van der Waals surface area contributed by atoms with Gasteiger partial charge >= 0.3 is 0 Å². The largest absolute Gasteiger partial charge is 0.190 e. The van der Waals surface area contributed by atoms with Crippen LogP contribution in [0, 0.1) is 35.5 Å². The van der Waals surface area contributed by atoms with Gasteiger partial charge in [-0.05, 0) is 29.6 Å². The van der Waals surface area contributed by atoms with E-state index in [1.807, 2.05) is 0 Å². The van der Waals surface area contributed by atoms with Gasteiger partial charge in [0.05, 0.1) is 12.1 Å². The van der Waals surface area contributed by atoms with Crippen LogP contribution < -0.4 is 0 Å². The Kier molecular flexibility index (Phi) is 0.518. The van der Waals surface area contributed by atoms with Crippen molar-refractivity contribution in [2.75, 3.05) is 0 Å². The molecule has 4 fully saturated rings. The van der Waals surface area contributed by atoms with Crippen LogP contribution in [0.2, 0.25) is 0 Å². The Labute approximate surface area is 70.8 Å². The Morgan fingerprint density at radius 3 is 1.83 bits per heavy atom. The highest BCUT2D eigenvalue weighted by Crippen LogP contribution is 2.75. The highest BCUT2D eigenvalue weighted by molar-refractivity contribution is 5.35. The maximum Gasteiger partial charge on any atom is 0.0798 e. The van der Waals surface area contributed by atoms with E-state index in [2.05, 4.69) is 22.4 Å². The Hall–Kier alpha value is -0.660. The first-order chi connectivity index (χ1) is 5.97. The fraction of sp³-hybridized carbons (Fsp3) is 0.800. The highest BCUT2D eigenvalue weighted by atomic mass is 15.3. The van der Waals surface area contributed by atoms with Crippen LogP contribution in [0.4, 0.5) is 0 Å². The Bertz CT molecular complexity index is 284. The van der Waals surface area contributed by atoms with Crippen LogP contribution in [0.3, 0.4) is 0 Å². The molecule has 8 bridgehead atoms. The number of nitrogens with zero attached hydrogens (tertiary/aromatic N) is 2. The lowest BCUT2D eigenvalue weighted by molar-refractivity contribution is 0.289. The van der Waals surface area contributed by atoms with E-state index in [-0.39, 0.29) is 0 Å². The van der Waals surface area contributed by atoms with Gasteiger partial charge in [0.2, 0.25) is 0 Å². The molecule has 2 heteroatoms. The van der Waals surface area contributed by atoms with Crippen molar-refractivity contribution in [2.45, 2.75) is 12.1 Å². The van der Waals surface area contributed by atoms with Crippen LogP contribution in [0.1, 0.15) is 0 Å². The lowest BCUT2D eigenvalue weighted by Crippen LogP contribution is -2.27. The Morgan fingerprint density at radius 2 is 1.25 bits per heavy atom. The Balaban J connectivity index is 1.89. The van der Waals surface area contributed by atoms with Crippen LogP contribution in [-0.4, -0.2) is 12.1 Å². The van der Waals surface area contributed by atoms with Crippen LogP contribution in [-0.2, 0) is 0 Å². The van der Waals surface area contributed by atoms with Crippen molar-refractivity contribution in [3.05, 3.63) is 12.2 Å². The number of rotatable bonds is 0. The molecule has 6 rings (SSSR count). The van der Waals surface area contributed by atoms with E-state index in [1.165, 1.54) is 0 Å². The van der Waals surface area contributed by atoms with Gasteiger partial charge in [-0.15, -0.1) is 0 Å². The molecule has 0 aromatic heterocycles. The molecule has 0 unspecified atom stereocenters. The summed E-state index contributed by atoms with van der Waals surface area (Å²) in [4.78, 5) is 0. The minimum Gasteiger partial charge on any atom is -0.190 e. The average molecular weight is 158 g/mol. The van der Waals surface area contributed by atoms with Crippen molar-refractivity contribution in [3.8, 4) is 0 Å². The lowest BCUT2D eigenvalue weighted by Gasteiger charge is -2.26. The summed E-state index contributed by atoms with van der Waals surface area (Å²) in [5, 5.41) is 8.84. The van der Waals surface area contributed by atoms with Gasteiger partial charge in [-0.1, -0.05) is 12.2 Å². The molecule has 0 amide bonds. The topological polar surface area (TPSA) is 24.7 Å². The van der Waals surface area contributed by atoms with Crippen LogP contribution in [0.15, 0.2) is 22.4 Å². The lowest BCUT2D eigenvalue weighted by atomic mass is 9.82. The maximum absolute atomic E-state index is 4.42. The summed E-state index contributed by atoms with van der Waals surface area (Å²) in [5.41, 5.74) is 0. The third-order valence-corrected chi connectivity index (χ3v) is 5.13. The van der Waals surface area contributed by atoms with Crippen molar-refractivity contribution >= 4 is 0 Å². The molecular formula is C10H10N2. The SMILES string of the molecule is C1=C[C@H]2C3C4[C@@H]5N=N[C@@H]4[C@H]2[C@H]5[C@@H]13. The molecule has 0 aromatic carbocycles.